The Morgan fingerprint density at radius 1 is 1.37 bits per heavy atom. The molecule has 0 radical (unpaired) electrons. The van der Waals surface area contributed by atoms with Crippen molar-refractivity contribution < 1.29 is 18.6 Å². The summed E-state index contributed by atoms with van der Waals surface area (Å²) in [4.78, 5) is 11.4. The van der Waals surface area contributed by atoms with E-state index in [4.69, 9.17) is 27.2 Å². The zero-order valence-corrected chi connectivity index (χ0v) is 10.00. The predicted molar refractivity (Wildman–Crippen MR) is 60.7 cm³/mol. The van der Waals surface area contributed by atoms with Crippen LogP contribution in [0.2, 0.25) is 5.15 Å². The summed E-state index contributed by atoms with van der Waals surface area (Å²) < 4.78 is 32.9. The smallest absolute Gasteiger partial charge is 0.223 e. The maximum Gasteiger partial charge on any atom is 0.223 e. The Kier molecular flexibility index (Phi) is 2.77. The molecule has 0 amide bonds. The van der Waals surface area contributed by atoms with Gasteiger partial charge in [-0.1, -0.05) is 11.6 Å². The molecule has 19 heavy (non-hydrogen) atoms. The lowest BCUT2D eigenvalue weighted by molar-refractivity contribution is -0.130. The summed E-state index contributed by atoms with van der Waals surface area (Å²) in [5.41, 5.74) is 5.72. The van der Waals surface area contributed by atoms with Crippen molar-refractivity contribution in [3.05, 3.63) is 11.5 Å². The van der Waals surface area contributed by atoms with E-state index in [0.29, 0.717) is 0 Å². The highest BCUT2D eigenvalue weighted by Crippen LogP contribution is 2.34. The molecule has 0 bridgehead atoms. The zero-order chi connectivity index (χ0) is 13.7. The molecule has 1 saturated heterocycles. The fourth-order valence-electron chi connectivity index (χ4n) is 1.91. The van der Waals surface area contributed by atoms with E-state index in [9.17, 15) is 8.78 Å². The van der Waals surface area contributed by atoms with Gasteiger partial charge in [0.25, 0.3) is 0 Å². The molecule has 0 aliphatic carbocycles. The SMILES string of the molecule is Nc1nc(Cl)c2ncn([C@@H]3O[C@H](O)C(F)[C@@H]3F)c2n1. The van der Waals surface area contributed by atoms with Crippen LogP contribution in [-0.4, -0.2) is 43.3 Å². The number of rotatable bonds is 1. The van der Waals surface area contributed by atoms with Gasteiger partial charge in [-0.15, -0.1) is 0 Å². The predicted octanol–water partition coefficient (Wildman–Crippen LogP) is 0.585. The van der Waals surface area contributed by atoms with Crippen molar-refractivity contribution in [1.29, 1.82) is 0 Å². The number of imidazole rings is 1. The summed E-state index contributed by atoms with van der Waals surface area (Å²) >= 11 is 5.81. The molecule has 0 aromatic carbocycles. The molecular formula is C9H8ClF2N5O2. The Bertz CT molecular complexity index is 638. The molecule has 0 saturated carbocycles. The van der Waals surface area contributed by atoms with E-state index < -0.39 is 24.9 Å². The quantitative estimate of drug-likeness (QED) is 0.746. The number of aliphatic hydroxyl groups excluding tert-OH is 1. The second kappa shape index (κ2) is 4.22. The lowest BCUT2D eigenvalue weighted by atomic mass is 10.2. The molecule has 2 aromatic rings. The van der Waals surface area contributed by atoms with Crippen LogP contribution in [0.25, 0.3) is 11.2 Å². The topological polar surface area (TPSA) is 99.1 Å². The van der Waals surface area contributed by atoms with Gasteiger partial charge in [0.2, 0.25) is 5.95 Å². The van der Waals surface area contributed by atoms with E-state index in [1.54, 1.807) is 0 Å². The highest BCUT2D eigenvalue weighted by atomic mass is 35.5. The number of fused-ring (bicyclic) bond motifs is 1. The van der Waals surface area contributed by atoms with Gasteiger partial charge in [-0.3, -0.25) is 4.57 Å². The zero-order valence-electron chi connectivity index (χ0n) is 9.24. The second-order valence-corrected chi connectivity index (χ2v) is 4.36. The molecule has 3 rings (SSSR count). The molecule has 1 unspecified atom stereocenters. The summed E-state index contributed by atoms with van der Waals surface area (Å²) in [6, 6.07) is 0. The summed E-state index contributed by atoms with van der Waals surface area (Å²) in [6.07, 6.45) is -6.25. The number of aromatic nitrogens is 4. The van der Waals surface area contributed by atoms with Crippen molar-refractivity contribution in [3.8, 4) is 0 Å². The first-order valence-electron chi connectivity index (χ1n) is 5.26. The summed E-state index contributed by atoms with van der Waals surface area (Å²) in [5, 5.41) is 9.16. The van der Waals surface area contributed by atoms with Gasteiger partial charge >= 0.3 is 0 Å². The first kappa shape index (κ1) is 12.5. The Hall–Kier alpha value is -1.58. The van der Waals surface area contributed by atoms with Crippen molar-refractivity contribution in [3.63, 3.8) is 0 Å². The number of anilines is 1. The largest absolute Gasteiger partial charge is 0.368 e. The molecular weight excluding hydrogens is 284 g/mol. The average molecular weight is 292 g/mol. The monoisotopic (exact) mass is 291 g/mol. The molecule has 0 spiro atoms. The van der Waals surface area contributed by atoms with Gasteiger partial charge in [0.1, 0.15) is 5.52 Å². The van der Waals surface area contributed by atoms with E-state index in [1.165, 1.54) is 6.33 Å². The van der Waals surface area contributed by atoms with E-state index in [2.05, 4.69) is 15.0 Å². The molecule has 1 aliphatic heterocycles. The van der Waals surface area contributed by atoms with Crippen LogP contribution < -0.4 is 5.73 Å². The van der Waals surface area contributed by atoms with Gasteiger partial charge in [0.05, 0.1) is 6.33 Å². The second-order valence-electron chi connectivity index (χ2n) is 4.00. The van der Waals surface area contributed by atoms with Gasteiger partial charge in [-0.2, -0.15) is 9.97 Å². The third kappa shape index (κ3) is 1.81. The Labute approximate surface area is 110 Å². The third-order valence-electron chi connectivity index (χ3n) is 2.80. The van der Waals surface area contributed by atoms with Gasteiger partial charge in [-0.25, -0.2) is 13.8 Å². The van der Waals surface area contributed by atoms with Crippen LogP contribution in [0.3, 0.4) is 0 Å². The highest BCUT2D eigenvalue weighted by molar-refractivity contribution is 6.33. The Balaban J connectivity index is 2.11. The molecule has 2 aromatic heterocycles. The number of ether oxygens (including phenoxy) is 1. The van der Waals surface area contributed by atoms with Crippen LogP contribution >= 0.6 is 11.6 Å². The van der Waals surface area contributed by atoms with Crippen LogP contribution in [0.15, 0.2) is 6.33 Å². The maximum atomic E-state index is 13.7. The minimum absolute atomic E-state index is 0.00741. The number of hydrogen-bond acceptors (Lipinski definition) is 6. The number of hydrogen-bond donors (Lipinski definition) is 2. The maximum absolute atomic E-state index is 13.7. The minimum Gasteiger partial charge on any atom is -0.368 e. The summed E-state index contributed by atoms with van der Waals surface area (Å²) in [5.74, 6) is -0.134. The van der Waals surface area contributed by atoms with Gasteiger partial charge < -0.3 is 15.6 Å². The van der Waals surface area contributed by atoms with Crippen molar-refractivity contribution in [2.45, 2.75) is 24.9 Å². The molecule has 3 heterocycles. The van der Waals surface area contributed by atoms with Gasteiger partial charge in [0, 0.05) is 0 Å². The van der Waals surface area contributed by atoms with Crippen molar-refractivity contribution in [2.75, 3.05) is 5.73 Å². The lowest BCUT2D eigenvalue weighted by Crippen LogP contribution is -2.23. The molecule has 3 N–H and O–H groups in total. The van der Waals surface area contributed by atoms with Crippen LogP contribution in [0.1, 0.15) is 6.23 Å². The number of nitrogen functional groups attached to an aromatic ring is 1. The highest BCUT2D eigenvalue weighted by Gasteiger charge is 2.46. The number of halogens is 3. The van der Waals surface area contributed by atoms with Crippen molar-refractivity contribution in [2.24, 2.45) is 0 Å². The van der Waals surface area contributed by atoms with Crippen LogP contribution in [-0.2, 0) is 4.74 Å². The molecule has 1 aliphatic rings. The fraction of sp³-hybridized carbons (Fsp3) is 0.444. The van der Waals surface area contributed by atoms with Crippen LogP contribution in [0.5, 0.6) is 0 Å². The Morgan fingerprint density at radius 3 is 2.74 bits per heavy atom. The number of nitrogens with two attached hydrogens (primary N) is 1. The van der Waals surface area contributed by atoms with E-state index in [0.717, 1.165) is 4.57 Å². The van der Waals surface area contributed by atoms with Gasteiger partial charge in [0.15, 0.2) is 35.7 Å². The minimum atomic E-state index is -2.14. The third-order valence-corrected chi connectivity index (χ3v) is 3.06. The summed E-state index contributed by atoms with van der Waals surface area (Å²) in [7, 11) is 0. The van der Waals surface area contributed by atoms with Crippen LogP contribution in [0, 0.1) is 0 Å². The van der Waals surface area contributed by atoms with E-state index >= 15 is 0 Å². The fourth-order valence-corrected chi connectivity index (χ4v) is 2.13. The molecule has 7 nitrogen and oxygen atoms in total. The molecule has 4 atom stereocenters. The van der Waals surface area contributed by atoms with Crippen LogP contribution in [0.4, 0.5) is 14.7 Å². The van der Waals surface area contributed by atoms with E-state index in [1.807, 2.05) is 0 Å². The number of nitrogens with zero attached hydrogens (tertiary/aromatic N) is 4. The summed E-state index contributed by atoms with van der Waals surface area (Å²) in [6.45, 7) is 0. The average Bonchev–Trinajstić information content (AvgIpc) is 2.86. The van der Waals surface area contributed by atoms with Gasteiger partial charge in [-0.05, 0) is 0 Å². The van der Waals surface area contributed by atoms with E-state index in [-0.39, 0.29) is 22.3 Å². The Morgan fingerprint density at radius 2 is 2.11 bits per heavy atom. The number of alkyl halides is 2. The van der Waals surface area contributed by atoms with Crippen molar-refractivity contribution >= 4 is 28.7 Å². The first-order valence-corrected chi connectivity index (χ1v) is 5.64. The standard InChI is InChI=1S/C9H8ClF2N5O2/c10-5-4-6(16-9(13)15-5)17(1-14-4)7-2(11)3(12)8(18)19-7/h1-3,7-8,18H,(H2,13,15,16)/t2-,3?,7+,8-/m0/s1. The number of aliphatic hydroxyl groups is 1. The van der Waals surface area contributed by atoms with Crippen molar-refractivity contribution in [1.82, 2.24) is 19.5 Å². The molecule has 1 fully saturated rings. The molecule has 10 heteroatoms. The first-order chi connectivity index (χ1) is 8.99. The lowest BCUT2D eigenvalue weighted by Gasteiger charge is -2.14. The molecule has 102 valence electrons. The normalized spacial score (nSPS) is 31.2.